The largest absolute Gasteiger partial charge is 0.406 e. The molecule has 0 saturated carbocycles. The van der Waals surface area contributed by atoms with E-state index in [1.807, 2.05) is 0 Å². The lowest BCUT2D eigenvalue weighted by molar-refractivity contribution is -0.141. The first-order chi connectivity index (χ1) is 9.03. The van der Waals surface area contributed by atoms with Gasteiger partial charge in [-0.15, -0.1) is 0 Å². The van der Waals surface area contributed by atoms with Gasteiger partial charge in [-0.3, -0.25) is 9.48 Å². The van der Waals surface area contributed by atoms with E-state index >= 15 is 0 Å². The van der Waals surface area contributed by atoms with E-state index in [0.29, 0.717) is 5.69 Å². The molecular formula is C12H19F3N4O. The molecule has 1 rings (SSSR count). The van der Waals surface area contributed by atoms with Crippen molar-refractivity contribution >= 4 is 11.6 Å². The number of amides is 1. The van der Waals surface area contributed by atoms with Crippen LogP contribution in [0.3, 0.4) is 0 Å². The van der Waals surface area contributed by atoms with E-state index in [4.69, 9.17) is 5.73 Å². The summed E-state index contributed by atoms with van der Waals surface area (Å²) in [4.78, 5) is 13.1. The summed E-state index contributed by atoms with van der Waals surface area (Å²) >= 11 is 0. The zero-order chi connectivity index (χ0) is 15.7. The molecule has 0 aromatic carbocycles. The third-order valence-electron chi connectivity index (χ3n) is 2.71. The molecule has 5 nitrogen and oxygen atoms in total. The van der Waals surface area contributed by atoms with Gasteiger partial charge in [-0.25, -0.2) is 0 Å². The van der Waals surface area contributed by atoms with Gasteiger partial charge in [0, 0.05) is 13.6 Å². The molecular weight excluding hydrogens is 273 g/mol. The number of aromatic nitrogens is 2. The minimum absolute atomic E-state index is 0.00199. The molecule has 1 aromatic heterocycles. The Labute approximate surface area is 115 Å². The molecule has 20 heavy (non-hydrogen) atoms. The third-order valence-corrected chi connectivity index (χ3v) is 2.71. The minimum Gasteiger partial charge on any atom is -0.395 e. The highest BCUT2D eigenvalue weighted by molar-refractivity contribution is 5.98. The molecule has 0 aliphatic heterocycles. The summed E-state index contributed by atoms with van der Waals surface area (Å²) in [7, 11) is 1.48. The van der Waals surface area contributed by atoms with E-state index in [0.717, 1.165) is 4.90 Å². The standard InChI is InChI=1S/C12H19F3N4O/c1-7(2)5-19(6-12(13,14)15)11(20)10-9(16)8(3)17-18(10)4/h7H,5-6,16H2,1-4H3. The van der Waals surface area contributed by atoms with Crippen LogP contribution < -0.4 is 5.73 Å². The van der Waals surface area contributed by atoms with Gasteiger partial charge in [0.25, 0.3) is 5.91 Å². The van der Waals surface area contributed by atoms with Crippen molar-refractivity contribution in [2.75, 3.05) is 18.8 Å². The van der Waals surface area contributed by atoms with E-state index in [-0.39, 0.29) is 23.8 Å². The van der Waals surface area contributed by atoms with Crippen LogP contribution in [0.4, 0.5) is 18.9 Å². The van der Waals surface area contributed by atoms with Gasteiger partial charge in [0.05, 0.1) is 11.4 Å². The first-order valence-electron chi connectivity index (χ1n) is 6.18. The Morgan fingerprint density at radius 2 is 2.00 bits per heavy atom. The first kappa shape index (κ1) is 16.3. The van der Waals surface area contributed by atoms with E-state index in [2.05, 4.69) is 5.10 Å². The lowest BCUT2D eigenvalue weighted by atomic mass is 10.2. The van der Waals surface area contributed by atoms with E-state index in [9.17, 15) is 18.0 Å². The fraction of sp³-hybridized carbons (Fsp3) is 0.667. The highest BCUT2D eigenvalue weighted by Crippen LogP contribution is 2.22. The number of carbonyl (C=O) groups is 1. The number of halogens is 3. The highest BCUT2D eigenvalue weighted by Gasteiger charge is 2.35. The second-order valence-corrected chi connectivity index (χ2v) is 5.17. The number of nitrogens with two attached hydrogens (primary N) is 1. The van der Waals surface area contributed by atoms with Crippen LogP contribution in [-0.4, -0.2) is 39.9 Å². The van der Waals surface area contributed by atoms with Gasteiger partial charge in [-0.1, -0.05) is 13.8 Å². The molecule has 1 heterocycles. The maximum Gasteiger partial charge on any atom is 0.406 e. The van der Waals surface area contributed by atoms with Gasteiger partial charge >= 0.3 is 6.18 Å². The minimum atomic E-state index is -4.45. The summed E-state index contributed by atoms with van der Waals surface area (Å²) in [5.74, 6) is -0.839. The number of anilines is 1. The summed E-state index contributed by atoms with van der Waals surface area (Å²) in [6.07, 6.45) is -4.45. The Morgan fingerprint density at radius 3 is 2.35 bits per heavy atom. The maximum absolute atomic E-state index is 12.6. The van der Waals surface area contributed by atoms with Gasteiger partial charge < -0.3 is 10.6 Å². The number of aryl methyl sites for hydroxylation is 2. The first-order valence-corrected chi connectivity index (χ1v) is 6.18. The Balaban J connectivity index is 3.10. The van der Waals surface area contributed by atoms with Crippen LogP contribution in [0.1, 0.15) is 30.0 Å². The van der Waals surface area contributed by atoms with E-state index in [1.165, 1.54) is 11.7 Å². The van der Waals surface area contributed by atoms with Crippen LogP contribution in [0.2, 0.25) is 0 Å². The van der Waals surface area contributed by atoms with Gasteiger partial charge in [0.15, 0.2) is 0 Å². The Kier molecular flexibility index (Phi) is 4.67. The summed E-state index contributed by atoms with van der Waals surface area (Å²) in [5.41, 5.74) is 6.26. The normalized spacial score (nSPS) is 12.0. The molecule has 1 aromatic rings. The number of rotatable bonds is 4. The summed E-state index contributed by atoms with van der Waals surface area (Å²) in [6.45, 7) is 3.79. The summed E-state index contributed by atoms with van der Waals surface area (Å²) < 4.78 is 39.0. The third kappa shape index (κ3) is 3.88. The molecule has 114 valence electrons. The molecule has 0 unspecified atom stereocenters. The average molecular weight is 292 g/mol. The zero-order valence-corrected chi connectivity index (χ0v) is 12.0. The predicted molar refractivity (Wildman–Crippen MR) is 69.2 cm³/mol. The monoisotopic (exact) mass is 292 g/mol. The molecule has 1 amide bonds. The second kappa shape index (κ2) is 5.72. The summed E-state index contributed by atoms with van der Waals surface area (Å²) in [6, 6.07) is 0. The fourth-order valence-corrected chi connectivity index (χ4v) is 1.95. The summed E-state index contributed by atoms with van der Waals surface area (Å²) in [5, 5.41) is 3.95. The molecule has 0 radical (unpaired) electrons. The Hall–Kier alpha value is -1.73. The van der Waals surface area contributed by atoms with Crippen molar-refractivity contribution in [3.63, 3.8) is 0 Å². The number of hydrogen-bond acceptors (Lipinski definition) is 3. The van der Waals surface area contributed by atoms with Crippen molar-refractivity contribution in [2.45, 2.75) is 26.9 Å². The topological polar surface area (TPSA) is 64.2 Å². The van der Waals surface area contributed by atoms with Crippen molar-refractivity contribution < 1.29 is 18.0 Å². The van der Waals surface area contributed by atoms with Crippen molar-refractivity contribution in [1.29, 1.82) is 0 Å². The van der Waals surface area contributed by atoms with Crippen LogP contribution in [0.5, 0.6) is 0 Å². The molecule has 0 bridgehead atoms. The van der Waals surface area contributed by atoms with Crippen LogP contribution in [0, 0.1) is 12.8 Å². The van der Waals surface area contributed by atoms with Crippen molar-refractivity contribution in [3.8, 4) is 0 Å². The van der Waals surface area contributed by atoms with Crippen LogP contribution in [0.25, 0.3) is 0 Å². The van der Waals surface area contributed by atoms with E-state index < -0.39 is 18.6 Å². The van der Waals surface area contributed by atoms with E-state index in [1.54, 1.807) is 20.8 Å². The Morgan fingerprint density at radius 1 is 1.45 bits per heavy atom. The van der Waals surface area contributed by atoms with Crippen LogP contribution in [0.15, 0.2) is 0 Å². The van der Waals surface area contributed by atoms with Crippen molar-refractivity contribution in [2.24, 2.45) is 13.0 Å². The number of hydrogen-bond donors (Lipinski definition) is 1. The maximum atomic E-state index is 12.6. The second-order valence-electron chi connectivity index (χ2n) is 5.17. The SMILES string of the molecule is Cc1nn(C)c(C(=O)N(CC(C)C)CC(F)(F)F)c1N. The number of alkyl halides is 3. The highest BCUT2D eigenvalue weighted by atomic mass is 19.4. The molecule has 2 N–H and O–H groups in total. The smallest absolute Gasteiger partial charge is 0.395 e. The molecule has 0 aliphatic carbocycles. The Bertz CT molecular complexity index is 494. The van der Waals surface area contributed by atoms with Gasteiger partial charge in [-0.2, -0.15) is 18.3 Å². The van der Waals surface area contributed by atoms with Gasteiger partial charge in [0.1, 0.15) is 12.2 Å². The lowest BCUT2D eigenvalue weighted by Gasteiger charge is -2.25. The molecule has 0 fully saturated rings. The molecule has 0 aliphatic rings. The number of nitrogen functional groups attached to an aromatic ring is 1. The number of nitrogens with zero attached hydrogens (tertiary/aromatic N) is 3. The predicted octanol–water partition coefficient (Wildman–Crippen LogP) is 1.97. The number of carbonyl (C=O) groups excluding carboxylic acids is 1. The van der Waals surface area contributed by atoms with Gasteiger partial charge in [0.2, 0.25) is 0 Å². The van der Waals surface area contributed by atoms with Gasteiger partial charge in [-0.05, 0) is 12.8 Å². The lowest BCUT2D eigenvalue weighted by Crippen LogP contribution is -2.42. The fourth-order valence-electron chi connectivity index (χ4n) is 1.95. The zero-order valence-electron chi connectivity index (χ0n) is 12.0. The molecule has 0 saturated heterocycles. The van der Waals surface area contributed by atoms with Crippen LogP contribution in [-0.2, 0) is 7.05 Å². The molecule has 8 heteroatoms. The van der Waals surface area contributed by atoms with Crippen molar-refractivity contribution in [1.82, 2.24) is 14.7 Å². The molecule has 0 atom stereocenters. The molecule has 0 spiro atoms. The van der Waals surface area contributed by atoms with Crippen LogP contribution >= 0.6 is 0 Å². The van der Waals surface area contributed by atoms with Crippen molar-refractivity contribution in [3.05, 3.63) is 11.4 Å². The average Bonchev–Trinajstić information content (AvgIpc) is 2.48. The quantitative estimate of drug-likeness (QED) is 0.922.